The Bertz CT molecular complexity index is 443. The third-order valence-electron chi connectivity index (χ3n) is 1.49. The van der Waals surface area contributed by atoms with Gasteiger partial charge in [-0.25, -0.2) is 4.79 Å². The highest BCUT2D eigenvalue weighted by Gasteiger charge is 2.05. The molecule has 0 spiro atoms. The fourth-order valence-corrected chi connectivity index (χ4v) is 1.11. The number of aromatic amines is 1. The van der Waals surface area contributed by atoms with E-state index in [4.69, 9.17) is 21.1 Å². The van der Waals surface area contributed by atoms with Crippen LogP contribution in [-0.4, -0.2) is 10.1 Å². The molecule has 2 rings (SSSR count). The molecule has 2 N–H and O–H groups in total. The molecule has 0 fully saturated rings. The first kappa shape index (κ1) is 7.24. The SMILES string of the molecule is O=c1[nH]c2cc(O)c(Cl)cc2o1. The molecule has 5 heteroatoms. The smallest absolute Gasteiger partial charge is 0.417 e. The second-order valence-corrected chi connectivity index (χ2v) is 2.72. The number of nitrogens with one attached hydrogen (secondary N) is 1. The molecular weight excluding hydrogens is 182 g/mol. The molecule has 1 aromatic heterocycles. The fourth-order valence-electron chi connectivity index (χ4n) is 0.961. The van der Waals surface area contributed by atoms with Crippen LogP contribution in [0.1, 0.15) is 0 Å². The van der Waals surface area contributed by atoms with Crippen molar-refractivity contribution < 1.29 is 9.52 Å². The van der Waals surface area contributed by atoms with Crippen LogP contribution in [0.15, 0.2) is 21.3 Å². The molecular formula is C7H4ClNO3. The maximum Gasteiger partial charge on any atom is 0.417 e. The Morgan fingerprint density at radius 3 is 3.00 bits per heavy atom. The molecule has 0 bridgehead atoms. The molecule has 12 heavy (non-hydrogen) atoms. The molecule has 0 aliphatic carbocycles. The molecule has 0 aliphatic rings. The van der Waals surface area contributed by atoms with Crippen molar-refractivity contribution in [1.82, 2.24) is 4.98 Å². The number of H-pyrrole nitrogens is 1. The third-order valence-corrected chi connectivity index (χ3v) is 1.79. The lowest BCUT2D eigenvalue weighted by Crippen LogP contribution is -1.92. The molecule has 1 aromatic carbocycles. The van der Waals surface area contributed by atoms with Gasteiger partial charge in [0.15, 0.2) is 5.58 Å². The van der Waals surface area contributed by atoms with Crippen LogP contribution in [-0.2, 0) is 0 Å². The molecule has 1 heterocycles. The van der Waals surface area contributed by atoms with Gasteiger partial charge in [0.2, 0.25) is 0 Å². The van der Waals surface area contributed by atoms with E-state index in [2.05, 4.69) is 4.98 Å². The molecule has 0 saturated heterocycles. The Morgan fingerprint density at radius 1 is 1.50 bits per heavy atom. The summed E-state index contributed by atoms with van der Waals surface area (Å²) in [5.74, 6) is -0.645. The van der Waals surface area contributed by atoms with E-state index < -0.39 is 5.76 Å². The minimum atomic E-state index is -0.563. The Labute approximate surface area is 71.4 Å². The van der Waals surface area contributed by atoms with Crippen molar-refractivity contribution in [2.75, 3.05) is 0 Å². The lowest BCUT2D eigenvalue weighted by Gasteiger charge is -1.93. The van der Waals surface area contributed by atoms with E-state index in [0.717, 1.165) is 0 Å². The van der Waals surface area contributed by atoms with Gasteiger partial charge in [-0.1, -0.05) is 11.6 Å². The van der Waals surface area contributed by atoms with Crippen molar-refractivity contribution in [1.29, 1.82) is 0 Å². The van der Waals surface area contributed by atoms with Crippen molar-refractivity contribution in [3.05, 3.63) is 27.7 Å². The van der Waals surface area contributed by atoms with Gasteiger partial charge < -0.3 is 9.52 Å². The first-order valence-electron chi connectivity index (χ1n) is 3.18. The number of benzene rings is 1. The largest absolute Gasteiger partial charge is 0.506 e. The number of hydrogen-bond donors (Lipinski definition) is 2. The van der Waals surface area contributed by atoms with Crippen LogP contribution < -0.4 is 5.76 Å². The number of halogens is 1. The number of rotatable bonds is 0. The van der Waals surface area contributed by atoms with Gasteiger partial charge in [-0.2, -0.15) is 0 Å². The molecule has 0 atom stereocenters. The molecule has 0 radical (unpaired) electrons. The Kier molecular flexibility index (Phi) is 1.38. The van der Waals surface area contributed by atoms with Gasteiger partial charge in [-0.3, -0.25) is 4.98 Å². The Balaban J connectivity index is 2.92. The number of aromatic nitrogens is 1. The fraction of sp³-hybridized carbons (Fsp3) is 0. The topological polar surface area (TPSA) is 66.2 Å². The maximum atomic E-state index is 10.7. The molecule has 0 saturated carbocycles. The normalized spacial score (nSPS) is 10.8. The van der Waals surface area contributed by atoms with Gasteiger partial charge in [0.1, 0.15) is 5.75 Å². The average Bonchev–Trinajstić information content (AvgIpc) is 2.30. The molecule has 4 nitrogen and oxygen atoms in total. The summed E-state index contributed by atoms with van der Waals surface area (Å²) in [4.78, 5) is 13.1. The van der Waals surface area contributed by atoms with Crippen molar-refractivity contribution in [3.63, 3.8) is 0 Å². The summed E-state index contributed by atoms with van der Waals surface area (Å²) in [5.41, 5.74) is 0.768. The average molecular weight is 186 g/mol. The lowest BCUT2D eigenvalue weighted by atomic mass is 10.3. The standard InChI is InChI=1S/C7H4ClNO3/c8-3-1-6-4(2-5(3)10)9-7(11)12-6/h1-2,10H,(H,9,11). The predicted molar refractivity (Wildman–Crippen MR) is 43.5 cm³/mol. The zero-order valence-corrected chi connectivity index (χ0v) is 6.55. The number of oxazole rings is 1. The van der Waals surface area contributed by atoms with E-state index >= 15 is 0 Å². The van der Waals surface area contributed by atoms with Crippen LogP contribution >= 0.6 is 11.6 Å². The van der Waals surface area contributed by atoms with Crippen LogP contribution in [0.25, 0.3) is 11.1 Å². The summed E-state index contributed by atoms with van der Waals surface area (Å²) < 4.78 is 4.70. The molecule has 2 aromatic rings. The maximum absolute atomic E-state index is 10.7. The van der Waals surface area contributed by atoms with Crippen LogP contribution in [0, 0.1) is 0 Å². The zero-order valence-electron chi connectivity index (χ0n) is 5.80. The summed E-state index contributed by atoms with van der Waals surface area (Å²) in [6, 6.07) is 2.71. The number of aromatic hydroxyl groups is 1. The summed E-state index contributed by atoms with van der Waals surface area (Å²) >= 11 is 5.57. The summed E-state index contributed by atoms with van der Waals surface area (Å²) in [6.45, 7) is 0. The summed E-state index contributed by atoms with van der Waals surface area (Å²) in [5, 5.41) is 9.29. The summed E-state index contributed by atoms with van der Waals surface area (Å²) in [7, 11) is 0. The quantitative estimate of drug-likeness (QED) is 0.653. The van der Waals surface area contributed by atoms with Gasteiger partial charge in [-0.05, 0) is 0 Å². The highest BCUT2D eigenvalue weighted by atomic mass is 35.5. The summed E-state index contributed by atoms with van der Waals surface area (Å²) in [6.07, 6.45) is 0. The zero-order chi connectivity index (χ0) is 8.72. The first-order valence-corrected chi connectivity index (χ1v) is 3.56. The van der Waals surface area contributed by atoms with Gasteiger partial charge in [0.05, 0.1) is 10.5 Å². The van der Waals surface area contributed by atoms with Crippen LogP contribution in [0.3, 0.4) is 0 Å². The third kappa shape index (κ3) is 0.967. The van der Waals surface area contributed by atoms with E-state index in [-0.39, 0.29) is 10.8 Å². The van der Waals surface area contributed by atoms with Gasteiger partial charge in [0.25, 0.3) is 0 Å². The number of hydrogen-bond acceptors (Lipinski definition) is 3. The van der Waals surface area contributed by atoms with Crippen LogP contribution in [0.5, 0.6) is 5.75 Å². The van der Waals surface area contributed by atoms with Crippen molar-refractivity contribution in [3.8, 4) is 5.75 Å². The van der Waals surface area contributed by atoms with Crippen molar-refractivity contribution >= 4 is 22.7 Å². The van der Waals surface area contributed by atoms with E-state index in [9.17, 15) is 4.79 Å². The number of fused-ring (bicyclic) bond motifs is 1. The molecule has 0 amide bonds. The first-order chi connectivity index (χ1) is 5.66. The monoisotopic (exact) mass is 185 g/mol. The van der Waals surface area contributed by atoms with E-state index in [1.807, 2.05) is 0 Å². The predicted octanol–water partition coefficient (Wildman–Crippen LogP) is 1.48. The Morgan fingerprint density at radius 2 is 2.25 bits per heavy atom. The van der Waals surface area contributed by atoms with Crippen molar-refractivity contribution in [2.45, 2.75) is 0 Å². The van der Waals surface area contributed by atoms with Gasteiger partial charge in [-0.15, -0.1) is 0 Å². The lowest BCUT2D eigenvalue weighted by molar-refractivity contribution is 0.476. The highest BCUT2D eigenvalue weighted by molar-refractivity contribution is 6.32. The minimum Gasteiger partial charge on any atom is -0.506 e. The van der Waals surface area contributed by atoms with E-state index in [1.165, 1.54) is 12.1 Å². The molecule has 62 valence electrons. The number of phenolic OH excluding ortho intramolecular Hbond substituents is 1. The van der Waals surface area contributed by atoms with Gasteiger partial charge >= 0.3 is 5.76 Å². The molecule has 0 unspecified atom stereocenters. The van der Waals surface area contributed by atoms with Crippen molar-refractivity contribution in [2.24, 2.45) is 0 Å². The Hall–Kier alpha value is -1.42. The second kappa shape index (κ2) is 2.28. The van der Waals surface area contributed by atoms with Gasteiger partial charge in [0, 0.05) is 12.1 Å². The number of phenols is 1. The second-order valence-electron chi connectivity index (χ2n) is 2.31. The van der Waals surface area contributed by atoms with Crippen LogP contribution in [0.2, 0.25) is 5.02 Å². The molecule has 0 aliphatic heterocycles. The van der Waals surface area contributed by atoms with Crippen LogP contribution in [0.4, 0.5) is 0 Å². The van der Waals surface area contributed by atoms with E-state index in [1.54, 1.807) is 0 Å². The minimum absolute atomic E-state index is 0.0822. The highest BCUT2D eigenvalue weighted by Crippen LogP contribution is 2.26. The van der Waals surface area contributed by atoms with E-state index in [0.29, 0.717) is 11.1 Å².